The van der Waals surface area contributed by atoms with Crippen LogP contribution in [0, 0.1) is 11.3 Å². The van der Waals surface area contributed by atoms with Crippen LogP contribution in [0.1, 0.15) is 11.6 Å². The molecular formula is C9H8N2. The van der Waals surface area contributed by atoms with Crippen LogP contribution in [-0.4, -0.2) is 6.04 Å². The minimum Gasteiger partial charge on any atom is -0.291 e. The molecule has 1 fully saturated rings. The van der Waals surface area contributed by atoms with Crippen LogP contribution in [0.5, 0.6) is 0 Å². The van der Waals surface area contributed by atoms with E-state index in [0.29, 0.717) is 0 Å². The molecule has 1 saturated heterocycles. The van der Waals surface area contributed by atoms with Gasteiger partial charge in [0.15, 0.2) is 0 Å². The van der Waals surface area contributed by atoms with Crippen molar-refractivity contribution in [2.24, 2.45) is 0 Å². The molecule has 0 spiro atoms. The van der Waals surface area contributed by atoms with Crippen LogP contribution in [0.3, 0.4) is 0 Å². The number of nitrogens with zero attached hydrogens (tertiary/aromatic N) is 1. The fraction of sp³-hybridized carbons (Fsp3) is 0.222. The van der Waals surface area contributed by atoms with E-state index in [-0.39, 0.29) is 12.1 Å². The van der Waals surface area contributed by atoms with Gasteiger partial charge >= 0.3 is 0 Å². The molecule has 11 heavy (non-hydrogen) atoms. The Morgan fingerprint density at radius 2 is 2.00 bits per heavy atom. The number of hydrogen-bond donors (Lipinski definition) is 1. The Kier molecular flexibility index (Phi) is 1.38. The summed E-state index contributed by atoms with van der Waals surface area (Å²) in [6.45, 7) is 0. The molecule has 0 unspecified atom stereocenters. The zero-order chi connectivity index (χ0) is 7.68. The van der Waals surface area contributed by atoms with E-state index in [4.69, 9.17) is 5.26 Å². The first-order chi connectivity index (χ1) is 5.42. The Labute approximate surface area is 65.5 Å². The zero-order valence-corrected chi connectivity index (χ0v) is 5.99. The van der Waals surface area contributed by atoms with Crippen LogP contribution in [0.4, 0.5) is 0 Å². The number of rotatable bonds is 1. The molecule has 2 rings (SSSR count). The van der Waals surface area contributed by atoms with E-state index in [9.17, 15) is 0 Å². The van der Waals surface area contributed by atoms with Crippen LogP contribution >= 0.6 is 0 Å². The molecular weight excluding hydrogens is 136 g/mol. The molecule has 1 heterocycles. The topological polar surface area (TPSA) is 45.7 Å². The van der Waals surface area contributed by atoms with Crippen molar-refractivity contribution in [1.82, 2.24) is 5.32 Å². The van der Waals surface area contributed by atoms with Gasteiger partial charge < -0.3 is 0 Å². The van der Waals surface area contributed by atoms with E-state index in [1.807, 2.05) is 30.3 Å². The highest BCUT2D eigenvalue weighted by Crippen LogP contribution is 2.28. The minimum atomic E-state index is 0.0393. The smallest absolute Gasteiger partial charge is 0.116 e. The van der Waals surface area contributed by atoms with Gasteiger partial charge in [-0.1, -0.05) is 30.3 Å². The molecule has 0 amide bonds. The van der Waals surface area contributed by atoms with E-state index >= 15 is 0 Å². The Hall–Kier alpha value is -1.33. The van der Waals surface area contributed by atoms with Gasteiger partial charge in [0, 0.05) is 0 Å². The summed E-state index contributed by atoms with van der Waals surface area (Å²) in [5.74, 6) is 0. The van der Waals surface area contributed by atoms with Crippen LogP contribution in [0.25, 0.3) is 0 Å². The van der Waals surface area contributed by atoms with Gasteiger partial charge in [0.1, 0.15) is 6.04 Å². The molecule has 0 radical (unpaired) electrons. The van der Waals surface area contributed by atoms with Crippen molar-refractivity contribution >= 4 is 0 Å². The molecule has 1 aromatic carbocycles. The third-order valence-electron chi connectivity index (χ3n) is 1.88. The first-order valence-corrected chi connectivity index (χ1v) is 3.62. The summed E-state index contributed by atoms with van der Waals surface area (Å²) < 4.78 is 0. The van der Waals surface area contributed by atoms with Crippen molar-refractivity contribution in [2.45, 2.75) is 12.1 Å². The summed E-state index contributed by atoms with van der Waals surface area (Å²) in [5.41, 5.74) is 1.21. The zero-order valence-electron chi connectivity index (χ0n) is 5.99. The standard InChI is InChI=1S/C9H8N2/c10-6-8-9(11-8)7-4-2-1-3-5-7/h1-5,8-9,11H/t8-,9+/m0/s1. The quantitative estimate of drug-likeness (QED) is 0.602. The summed E-state index contributed by atoms with van der Waals surface area (Å²) >= 11 is 0. The van der Waals surface area contributed by atoms with E-state index in [2.05, 4.69) is 11.4 Å². The number of nitriles is 1. The van der Waals surface area contributed by atoms with E-state index in [0.717, 1.165) is 0 Å². The lowest BCUT2D eigenvalue weighted by atomic mass is 10.1. The average Bonchev–Trinajstić information content (AvgIpc) is 2.85. The van der Waals surface area contributed by atoms with Crippen LogP contribution < -0.4 is 5.32 Å². The highest BCUT2D eigenvalue weighted by molar-refractivity contribution is 5.30. The van der Waals surface area contributed by atoms with Gasteiger partial charge in [-0.2, -0.15) is 5.26 Å². The lowest BCUT2D eigenvalue weighted by Gasteiger charge is -1.92. The van der Waals surface area contributed by atoms with Gasteiger partial charge in [-0.3, -0.25) is 5.32 Å². The summed E-state index contributed by atoms with van der Waals surface area (Å²) in [4.78, 5) is 0. The fourth-order valence-electron chi connectivity index (χ4n) is 1.20. The number of benzene rings is 1. The second-order valence-electron chi connectivity index (χ2n) is 2.66. The van der Waals surface area contributed by atoms with Crippen molar-refractivity contribution in [3.8, 4) is 6.07 Å². The van der Waals surface area contributed by atoms with E-state index in [1.165, 1.54) is 5.56 Å². The number of hydrogen-bond acceptors (Lipinski definition) is 2. The van der Waals surface area contributed by atoms with Crippen LogP contribution in [-0.2, 0) is 0 Å². The molecule has 1 aromatic rings. The normalized spacial score (nSPS) is 27.5. The predicted octanol–water partition coefficient (Wildman–Crippen LogP) is 1.22. The molecule has 0 aromatic heterocycles. The summed E-state index contributed by atoms with van der Waals surface area (Å²) in [5, 5.41) is 11.6. The monoisotopic (exact) mass is 144 g/mol. The molecule has 0 saturated carbocycles. The van der Waals surface area contributed by atoms with Crippen LogP contribution in [0.2, 0.25) is 0 Å². The molecule has 0 aliphatic carbocycles. The Morgan fingerprint density at radius 3 is 2.55 bits per heavy atom. The van der Waals surface area contributed by atoms with E-state index < -0.39 is 0 Å². The fourth-order valence-corrected chi connectivity index (χ4v) is 1.20. The van der Waals surface area contributed by atoms with Crippen molar-refractivity contribution in [2.75, 3.05) is 0 Å². The molecule has 2 atom stereocenters. The lowest BCUT2D eigenvalue weighted by molar-refractivity contribution is 1.07. The summed E-state index contributed by atoms with van der Waals surface area (Å²) in [6, 6.07) is 12.5. The maximum absolute atomic E-state index is 8.53. The second-order valence-corrected chi connectivity index (χ2v) is 2.66. The van der Waals surface area contributed by atoms with Crippen molar-refractivity contribution < 1.29 is 0 Å². The van der Waals surface area contributed by atoms with Crippen molar-refractivity contribution in [3.63, 3.8) is 0 Å². The molecule has 1 N–H and O–H groups in total. The molecule has 2 heteroatoms. The largest absolute Gasteiger partial charge is 0.291 e. The third kappa shape index (κ3) is 1.11. The molecule has 54 valence electrons. The van der Waals surface area contributed by atoms with Gasteiger partial charge in [0.2, 0.25) is 0 Å². The highest BCUT2D eigenvalue weighted by atomic mass is 15.1. The molecule has 2 nitrogen and oxygen atoms in total. The first kappa shape index (κ1) is 6.38. The minimum absolute atomic E-state index is 0.0393. The van der Waals surface area contributed by atoms with Gasteiger partial charge in [-0.25, -0.2) is 0 Å². The van der Waals surface area contributed by atoms with Gasteiger partial charge in [-0.05, 0) is 5.56 Å². The van der Waals surface area contributed by atoms with Gasteiger partial charge in [0.05, 0.1) is 12.1 Å². The van der Waals surface area contributed by atoms with Crippen molar-refractivity contribution in [1.29, 1.82) is 5.26 Å². The summed E-state index contributed by atoms with van der Waals surface area (Å²) in [7, 11) is 0. The Balaban J connectivity index is 2.16. The Morgan fingerprint density at radius 1 is 1.27 bits per heavy atom. The van der Waals surface area contributed by atoms with Gasteiger partial charge in [-0.15, -0.1) is 0 Å². The van der Waals surface area contributed by atoms with Crippen LogP contribution in [0.15, 0.2) is 30.3 Å². The highest BCUT2D eigenvalue weighted by Gasteiger charge is 2.37. The maximum Gasteiger partial charge on any atom is 0.116 e. The predicted molar refractivity (Wildman–Crippen MR) is 41.7 cm³/mol. The molecule has 0 bridgehead atoms. The third-order valence-corrected chi connectivity index (χ3v) is 1.88. The van der Waals surface area contributed by atoms with Crippen molar-refractivity contribution in [3.05, 3.63) is 35.9 Å². The SMILES string of the molecule is N#C[C@@H]1N[C@@H]1c1ccccc1. The lowest BCUT2D eigenvalue weighted by Crippen LogP contribution is -1.82. The van der Waals surface area contributed by atoms with Gasteiger partial charge in [0.25, 0.3) is 0 Å². The second kappa shape index (κ2) is 2.37. The Bertz CT molecular complexity index is 286. The number of nitrogens with one attached hydrogen (secondary N) is 1. The maximum atomic E-state index is 8.53. The first-order valence-electron chi connectivity index (χ1n) is 3.62. The molecule has 1 aliphatic rings. The molecule has 1 aliphatic heterocycles. The average molecular weight is 144 g/mol. The van der Waals surface area contributed by atoms with E-state index in [1.54, 1.807) is 0 Å². The summed E-state index contributed by atoms with van der Waals surface area (Å²) in [6.07, 6.45) is 0.